The first-order valence-electron chi connectivity index (χ1n) is 10.5. The molecule has 2 aromatic carbocycles. The molecule has 8 heteroatoms. The van der Waals surface area contributed by atoms with Crippen molar-refractivity contribution in [3.63, 3.8) is 0 Å². The molecule has 1 fully saturated rings. The van der Waals surface area contributed by atoms with E-state index in [1.807, 2.05) is 32.8 Å². The van der Waals surface area contributed by atoms with E-state index in [0.717, 1.165) is 11.1 Å². The summed E-state index contributed by atoms with van der Waals surface area (Å²) in [6.45, 7) is 4.39. The zero-order valence-electron chi connectivity index (χ0n) is 19.4. The monoisotopic (exact) mass is 452 g/mol. The van der Waals surface area contributed by atoms with Crippen LogP contribution in [0.4, 0.5) is 0 Å². The normalized spacial score (nSPS) is 17.6. The maximum absolute atomic E-state index is 13.1. The first-order chi connectivity index (χ1) is 15.6. The van der Waals surface area contributed by atoms with E-state index in [9.17, 15) is 24.6 Å². The predicted octanol–water partition coefficient (Wildman–Crippen LogP) is 2.78. The maximum Gasteiger partial charge on any atom is 0.337 e. The largest absolute Gasteiger partial charge is 0.507 e. The quantitative estimate of drug-likeness (QED) is 0.300. The summed E-state index contributed by atoms with van der Waals surface area (Å²) in [5.41, 5.74) is 2.48. The van der Waals surface area contributed by atoms with Crippen molar-refractivity contribution in [3.8, 4) is 5.75 Å². The fourth-order valence-electron chi connectivity index (χ4n) is 3.82. The first-order valence-corrected chi connectivity index (χ1v) is 10.5. The molecule has 1 heterocycles. The molecule has 2 N–H and O–H groups in total. The highest BCUT2D eigenvalue weighted by atomic mass is 16.5. The smallest absolute Gasteiger partial charge is 0.337 e. The van der Waals surface area contributed by atoms with Crippen molar-refractivity contribution >= 4 is 23.4 Å². The van der Waals surface area contributed by atoms with Crippen LogP contribution < -0.4 is 0 Å². The van der Waals surface area contributed by atoms with Crippen molar-refractivity contribution < 1.29 is 29.3 Å². The molecule has 8 nitrogen and oxygen atoms in total. The second-order valence-corrected chi connectivity index (χ2v) is 8.36. The Balaban J connectivity index is 2.18. The third-order valence-electron chi connectivity index (χ3n) is 5.84. The van der Waals surface area contributed by atoms with Gasteiger partial charge in [-0.3, -0.25) is 9.59 Å². The summed E-state index contributed by atoms with van der Waals surface area (Å²) >= 11 is 0. The number of Topliss-reactive ketones (excluding diaryl/α,β-unsaturated/α-hetero) is 1. The van der Waals surface area contributed by atoms with Gasteiger partial charge in [0.05, 0.1) is 29.9 Å². The van der Waals surface area contributed by atoms with Gasteiger partial charge in [0.2, 0.25) is 0 Å². The molecule has 3 rings (SSSR count). The van der Waals surface area contributed by atoms with Gasteiger partial charge in [-0.2, -0.15) is 0 Å². The number of methoxy groups -OCH3 is 1. The zero-order chi connectivity index (χ0) is 24.4. The lowest BCUT2D eigenvalue weighted by atomic mass is 9.93. The van der Waals surface area contributed by atoms with E-state index in [1.165, 1.54) is 18.1 Å². The number of carbonyl (C=O) groups excluding carboxylic acids is 3. The molecular formula is C25H28N2O6. The molecule has 0 spiro atoms. The van der Waals surface area contributed by atoms with E-state index >= 15 is 0 Å². The number of aliphatic hydroxyl groups is 1. The number of carbonyl (C=O) groups is 3. The van der Waals surface area contributed by atoms with Crippen molar-refractivity contribution in [1.29, 1.82) is 0 Å². The molecule has 1 amide bonds. The summed E-state index contributed by atoms with van der Waals surface area (Å²) in [6.07, 6.45) is 0. The lowest BCUT2D eigenvalue weighted by Crippen LogP contribution is -2.35. The number of amides is 1. The van der Waals surface area contributed by atoms with Gasteiger partial charge in [-0.1, -0.05) is 12.1 Å². The van der Waals surface area contributed by atoms with E-state index in [1.54, 1.807) is 30.3 Å². The van der Waals surface area contributed by atoms with E-state index in [0.29, 0.717) is 17.7 Å². The van der Waals surface area contributed by atoms with Crippen LogP contribution in [0, 0.1) is 13.8 Å². The number of likely N-dealkylation sites (tertiary alicyclic amines) is 1. The summed E-state index contributed by atoms with van der Waals surface area (Å²) in [6, 6.07) is 8.55. The number of benzene rings is 2. The van der Waals surface area contributed by atoms with E-state index < -0.39 is 29.5 Å². The summed E-state index contributed by atoms with van der Waals surface area (Å²) < 4.78 is 4.73. The maximum atomic E-state index is 13.1. The van der Waals surface area contributed by atoms with E-state index in [-0.39, 0.29) is 23.4 Å². The third-order valence-corrected chi connectivity index (χ3v) is 5.84. The molecule has 1 aliphatic rings. The molecule has 2 aromatic rings. The van der Waals surface area contributed by atoms with Crippen molar-refractivity contribution in [2.45, 2.75) is 19.9 Å². The van der Waals surface area contributed by atoms with Gasteiger partial charge in [-0.05, 0) is 68.9 Å². The number of nitrogens with zero attached hydrogens (tertiary/aromatic N) is 2. The fraction of sp³-hybridized carbons (Fsp3) is 0.320. The van der Waals surface area contributed by atoms with Crippen LogP contribution in [0.15, 0.2) is 42.0 Å². The molecule has 0 radical (unpaired) electrons. The van der Waals surface area contributed by atoms with Crippen LogP contribution >= 0.6 is 0 Å². The summed E-state index contributed by atoms with van der Waals surface area (Å²) in [5, 5.41) is 21.6. The van der Waals surface area contributed by atoms with Crippen molar-refractivity contribution in [3.05, 3.63) is 69.8 Å². The van der Waals surface area contributed by atoms with Crippen molar-refractivity contribution in [1.82, 2.24) is 9.80 Å². The second-order valence-electron chi connectivity index (χ2n) is 8.36. The van der Waals surface area contributed by atoms with E-state index in [2.05, 4.69) is 0 Å². The van der Waals surface area contributed by atoms with Gasteiger partial charge in [0.25, 0.3) is 11.7 Å². The van der Waals surface area contributed by atoms with Crippen LogP contribution in [0.2, 0.25) is 0 Å². The van der Waals surface area contributed by atoms with Crippen LogP contribution in [0.1, 0.15) is 38.7 Å². The minimum absolute atomic E-state index is 0.0832. The molecule has 174 valence electrons. The minimum atomic E-state index is -0.877. The highest BCUT2D eigenvalue weighted by molar-refractivity contribution is 6.46. The molecule has 1 atom stereocenters. The number of likely N-dealkylation sites (N-methyl/N-ethyl adjacent to an activating group) is 1. The number of phenols is 1. The van der Waals surface area contributed by atoms with Crippen LogP contribution in [0.5, 0.6) is 5.75 Å². The van der Waals surface area contributed by atoms with Gasteiger partial charge < -0.3 is 24.7 Å². The van der Waals surface area contributed by atoms with Gasteiger partial charge in [-0.25, -0.2) is 4.79 Å². The Bertz CT molecular complexity index is 1130. The Morgan fingerprint density at radius 3 is 2.27 bits per heavy atom. The number of aryl methyl sites for hydroxylation is 2. The van der Waals surface area contributed by atoms with E-state index in [4.69, 9.17) is 4.74 Å². The number of ketones is 1. The highest BCUT2D eigenvalue weighted by Crippen LogP contribution is 2.41. The predicted molar refractivity (Wildman–Crippen MR) is 123 cm³/mol. The molecule has 0 aromatic heterocycles. The zero-order valence-corrected chi connectivity index (χ0v) is 19.4. The molecule has 33 heavy (non-hydrogen) atoms. The summed E-state index contributed by atoms with van der Waals surface area (Å²) in [4.78, 5) is 41.1. The Morgan fingerprint density at radius 1 is 1.09 bits per heavy atom. The first kappa shape index (κ1) is 24.0. The molecule has 0 bridgehead atoms. The minimum Gasteiger partial charge on any atom is -0.507 e. The van der Waals surface area contributed by atoms with Crippen LogP contribution in [-0.4, -0.2) is 72.0 Å². The Labute approximate surface area is 192 Å². The SMILES string of the molecule is COC(=O)c1ccc(C2/C(=C(\O)c3cc(C)c(C)cc3O)C(=O)C(=O)N2CCN(C)C)cc1. The lowest BCUT2D eigenvalue weighted by Gasteiger charge is -2.26. The van der Waals surface area contributed by atoms with Crippen molar-refractivity contribution in [2.24, 2.45) is 0 Å². The molecule has 0 aliphatic carbocycles. The summed E-state index contributed by atoms with van der Waals surface area (Å²) in [5.74, 6) is -2.70. The Morgan fingerprint density at radius 2 is 1.70 bits per heavy atom. The standard InChI is InChI=1S/C25H28N2O6/c1-14-12-18(19(28)13-15(14)2)22(29)20-21(16-6-8-17(9-7-16)25(32)33-5)27(11-10-26(3)4)24(31)23(20)30/h6-9,12-13,21,28-29H,10-11H2,1-5H3/b22-20+. The Hall–Kier alpha value is -3.65. The number of hydrogen-bond donors (Lipinski definition) is 2. The number of esters is 1. The van der Waals surface area contributed by atoms with Gasteiger partial charge in [0.15, 0.2) is 0 Å². The summed E-state index contributed by atoms with van der Waals surface area (Å²) in [7, 11) is 4.98. The number of hydrogen-bond acceptors (Lipinski definition) is 7. The number of aromatic hydroxyl groups is 1. The third kappa shape index (κ3) is 4.61. The topological polar surface area (TPSA) is 107 Å². The second kappa shape index (κ2) is 9.46. The molecule has 1 saturated heterocycles. The number of rotatable bonds is 6. The van der Waals surface area contributed by atoms with Gasteiger partial charge >= 0.3 is 5.97 Å². The van der Waals surface area contributed by atoms with Gasteiger partial charge in [0.1, 0.15) is 11.5 Å². The van der Waals surface area contributed by atoms with Gasteiger partial charge in [-0.15, -0.1) is 0 Å². The molecule has 0 saturated carbocycles. The van der Waals surface area contributed by atoms with Crippen LogP contribution in [-0.2, 0) is 14.3 Å². The molecule has 1 aliphatic heterocycles. The number of ether oxygens (including phenoxy) is 1. The molecular weight excluding hydrogens is 424 g/mol. The average molecular weight is 453 g/mol. The highest BCUT2D eigenvalue weighted by Gasteiger charge is 2.46. The fourth-order valence-corrected chi connectivity index (χ4v) is 3.82. The number of phenolic OH excluding ortho intramolecular Hbond substituents is 1. The van der Waals surface area contributed by atoms with Crippen LogP contribution in [0.3, 0.4) is 0 Å². The van der Waals surface area contributed by atoms with Crippen molar-refractivity contribution in [2.75, 3.05) is 34.3 Å². The number of aliphatic hydroxyl groups excluding tert-OH is 1. The van der Waals surface area contributed by atoms with Crippen LogP contribution in [0.25, 0.3) is 5.76 Å². The molecule has 1 unspecified atom stereocenters. The lowest BCUT2D eigenvalue weighted by molar-refractivity contribution is -0.140. The average Bonchev–Trinajstić information content (AvgIpc) is 3.03. The Kier molecular flexibility index (Phi) is 6.88. The van der Waals surface area contributed by atoms with Gasteiger partial charge in [0, 0.05) is 13.1 Å².